The lowest BCUT2D eigenvalue weighted by atomic mass is 12.0. The van der Waals surface area contributed by atoms with E-state index in [1.54, 1.807) is 0 Å². The molecular formula is C4H18F2. The van der Waals surface area contributed by atoms with Gasteiger partial charge in [-0.3, -0.25) is 9.41 Å². The van der Waals surface area contributed by atoms with Crippen LogP contribution in [-0.2, 0) is 0 Å². The minimum atomic E-state index is 0. The van der Waals surface area contributed by atoms with Crippen LogP contribution >= 0.6 is 0 Å². The van der Waals surface area contributed by atoms with Crippen LogP contribution in [0.4, 0.5) is 9.41 Å². The molecule has 0 unspecified atom stereocenters. The Morgan fingerprint density at radius 1 is 0.333 bits per heavy atom. The van der Waals surface area contributed by atoms with Gasteiger partial charge < -0.3 is 0 Å². The molecule has 0 aliphatic carbocycles. The smallest absolute Gasteiger partial charge is 0.0776 e. The minimum absolute atomic E-state index is 0. The normalized spacial score (nSPS) is 0. The fraction of sp³-hybridized carbons (Fsp3) is 1.00. The molecule has 48 valence electrons. The molecule has 0 aliphatic rings. The Morgan fingerprint density at radius 2 is 0.333 bits per heavy atom. The third-order valence-corrected chi connectivity index (χ3v) is 0. The maximum absolute atomic E-state index is 0. The lowest BCUT2D eigenvalue weighted by Gasteiger charge is -0.270. The Hall–Kier alpha value is -0.140. The van der Waals surface area contributed by atoms with Crippen molar-refractivity contribution in [2.75, 3.05) is 0 Å². The molecule has 0 fully saturated rings. The SMILES string of the molecule is C.C.C.C.F.F. The van der Waals surface area contributed by atoms with Crippen molar-refractivity contribution in [2.24, 2.45) is 0 Å². The van der Waals surface area contributed by atoms with Gasteiger partial charge >= 0.3 is 0 Å². The molecule has 0 aliphatic heterocycles. The molecule has 0 rings (SSSR count). The molecule has 0 aromatic heterocycles. The molecule has 0 saturated carbocycles. The Kier molecular flexibility index (Phi) is 4350000. The molecule has 0 spiro atoms. The number of halogens is 2. The van der Waals surface area contributed by atoms with Crippen LogP contribution in [-0.4, -0.2) is 0 Å². The number of hydrogen-bond donors (Lipinski definition) is 0. The van der Waals surface area contributed by atoms with Gasteiger partial charge in [-0.05, 0) is 0 Å². The van der Waals surface area contributed by atoms with Crippen LogP contribution in [0.5, 0.6) is 0 Å². The molecule has 2 heteroatoms. The molecular weight excluding hydrogens is 86.0 g/mol. The average molecular weight is 104 g/mol. The van der Waals surface area contributed by atoms with Crippen molar-refractivity contribution in [1.82, 2.24) is 0 Å². The molecule has 0 amide bonds. The molecule has 0 nitrogen and oxygen atoms in total. The third kappa shape index (κ3) is 1610. The van der Waals surface area contributed by atoms with Crippen LogP contribution in [0.25, 0.3) is 0 Å². The highest BCUT2D eigenvalue weighted by Crippen LogP contribution is 0.421. The topological polar surface area (TPSA) is 0 Å². The summed E-state index contributed by atoms with van der Waals surface area (Å²) >= 11 is 0. The van der Waals surface area contributed by atoms with Crippen LogP contribution < -0.4 is 0 Å². The first-order valence-corrected chi connectivity index (χ1v) is 0. The van der Waals surface area contributed by atoms with Crippen LogP contribution in [0.1, 0.15) is 29.7 Å². The van der Waals surface area contributed by atoms with Crippen molar-refractivity contribution < 1.29 is 9.41 Å². The highest BCUT2D eigenvalue weighted by molar-refractivity contribution is 2.51. The summed E-state index contributed by atoms with van der Waals surface area (Å²) in [5.74, 6) is 0. The third-order valence-electron chi connectivity index (χ3n) is 0. The van der Waals surface area contributed by atoms with Crippen LogP contribution in [0, 0.1) is 0 Å². The maximum Gasteiger partial charge on any atom is -0.0776 e. The van der Waals surface area contributed by atoms with Gasteiger partial charge in [0.15, 0.2) is 0 Å². The average Bonchev–Trinajstić information content (AvgIpc) is 0. The molecule has 0 N–H and O–H groups in total. The molecule has 0 saturated heterocycles. The van der Waals surface area contributed by atoms with E-state index >= 15 is 0 Å². The summed E-state index contributed by atoms with van der Waals surface area (Å²) in [7, 11) is 0. The van der Waals surface area contributed by atoms with E-state index in [0.717, 1.165) is 0 Å². The van der Waals surface area contributed by atoms with Gasteiger partial charge in [-0.2, -0.15) is 0 Å². The second kappa shape index (κ2) is 3690. The Bertz CT molecular complexity index is 5.51. The molecule has 0 aromatic carbocycles. The van der Waals surface area contributed by atoms with E-state index in [9.17, 15) is 0 Å². The van der Waals surface area contributed by atoms with Gasteiger partial charge in [0, 0.05) is 0 Å². The minimum Gasteiger partial charge on any atom is -0.269 e. The van der Waals surface area contributed by atoms with Crippen molar-refractivity contribution in [3.63, 3.8) is 0 Å². The molecule has 0 atom stereocenters. The highest BCUT2D eigenvalue weighted by Gasteiger charge is -0.0745. The van der Waals surface area contributed by atoms with Crippen molar-refractivity contribution >= 4 is 0 Å². The summed E-state index contributed by atoms with van der Waals surface area (Å²) in [6.07, 6.45) is 0. The molecule has 0 bridgehead atoms. The summed E-state index contributed by atoms with van der Waals surface area (Å²) in [5.41, 5.74) is 0. The van der Waals surface area contributed by atoms with Gasteiger partial charge in [0.05, 0.1) is 0 Å². The van der Waals surface area contributed by atoms with Crippen molar-refractivity contribution in [3.05, 3.63) is 0 Å². The van der Waals surface area contributed by atoms with Gasteiger partial charge in [0.2, 0.25) is 0 Å². The molecule has 0 heterocycles. The van der Waals surface area contributed by atoms with Crippen molar-refractivity contribution in [1.29, 1.82) is 0 Å². The van der Waals surface area contributed by atoms with Crippen molar-refractivity contribution in [2.45, 2.75) is 29.7 Å². The van der Waals surface area contributed by atoms with E-state index in [-0.39, 0.29) is 39.1 Å². The van der Waals surface area contributed by atoms with Gasteiger partial charge in [0.25, 0.3) is 0 Å². The van der Waals surface area contributed by atoms with E-state index in [1.807, 2.05) is 0 Å². The van der Waals surface area contributed by atoms with E-state index < -0.39 is 0 Å². The lowest BCUT2D eigenvalue weighted by molar-refractivity contribution is 1.11. The van der Waals surface area contributed by atoms with Crippen LogP contribution in [0.3, 0.4) is 0 Å². The van der Waals surface area contributed by atoms with Crippen LogP contribution in [0.15, 0.2) is 0 Å². The predicted octanol–water partition coefficient (Wildman–Crippen LogP) is 2.85. The molecule has 0 radical (unpaired) electrons. The predicted molar refractivity (Wildman–Crippen MR) is 31.9 cm³/mol. The molecule has 0 aromatic rings. The fourth-order valence-electron chi connectivity index (χ4n) is 0. The standard InChI is InChI=1S/4CH4.2FH/h4*1H4;2*1H. The zero-order valence-corrected chi connectivity index (χ0v) is 0.816. The van der Waals surface area contributed by atoms with E-state index in [4.69, 9.17) is 0 Å². The Labute approximate surface area is 40.3 Å². The lowest BCUT2D eigenvalue weighted by Crippen LogP contribution is 0.143. The second-order valence-electron chi connectivity index (χ2n) is 0. The quantitative estimate of drug-likeness (QED) is 0.443. The summed E-state index contributed by atoms with van der Waals surface area (Å²) in [6, 6.07) is 0. The first kappa shape index (κ1) is 7060. The molecule has 6 heavy (non-hydrogen) atoms. The maximum atomic E-state index is 0. The first-order valence-electron chi connectivity index (χ1n) is 0. The largest absolute Gasteiger partial charge is 0.269 e. The van der Waals surface area contributed by atoms with Gasteiger partial charge in [-0.15, -0.1) is 0 Å². The van der Waals surface area contributed by atoms with Gasteiger partial charge in [0.1, 0.15) is 0 Å². The zero-order valence-electron chi connectivity index (χ0n) is 0.816. The Morgan fingerprint density at radius 3 is 0.333 bits per heavy atom. The Balaban J connectivity index is 0. The second-order valence-corrected chi connectivity index (χ2v) is 0. The van der Waals surface area contributed by atoms with E-state index in [2.05, 4.69) is 0 Å². The van der Waals surface area contributed by atoms with Crippen LogP contribution in [0.2, 0.25) is 0 Å². The first-order chi connectivity index (χ1) is 0. The number of hydrogen-bond acceptors (Lipinski definition) is 0. The summed E-state index contributed by atoms with van der Waals surface area (Å²) in [4.78, 5) is 0. The summed E-state index contributed by atoms with van der Waals surface area (Å²) < 4.78 is 0. The summed E-state index contributed by atoms with van der Waals surface area (Å²) in [6.45, 7) is 0. The van der Waals surface area contributed by atoms with Gasteiger partial charge in [-0.25, -0.2) is 0 Å². The summed E-state index contributed by atoms with van der Waals surface area (Å²) in [5, 5.41) is 0. The monoisotopic (exact) mass is 104 g/mol. The highest BCUT2D eigenvalue weighted by atomic mass is 19.0. The van der Waals surface area contributed by atoms with Crippen molar-refractivity contribution in [3.8, 4) is 0 Å². The number of rotatable bonds is 0. The van der Waals surface area contributed by atoms with E-state index in [0.29, 0.717) is 0 Å². The zero-order chi connectivity index (χ0) is 0. The van der Waals surface area contributed by atoms with Gasteiger partial charge in [-0.1, -0.05) is 29.7 Å². The fourth-order valence-corrected chi connectivity index (χ4v) is 0. The van der Waals surface area contributed by atoms with E-state index in [1.165, 1.54) is 0 Å².